The quantitative estimate of drug-likeness (QED) is 0.127. The van der Waals surface area contributed by atoms with Crippen LogP contribution in [0, 0.1) is 0 Å². The molecular weight excluding hydrogens is 366 g/mol. The predicted octanol–water partition coefficient (Wildman–Crippen LogP) is 9.66. The standard InChI is InChI=1S/C27H59NSi/c1-6-11-12-13-14-15-16-17-18-19-20-21-22-23-24-25-26-28-27(7-2)29(8-3,9-4)10-5/h27-28H,6-26H2,1-5H3. The van der Waals surface area contributed by atoms with Crippen molar-refractivity contribution in [2.24, 2.45) is 0 Å². The van der Waals surface area contributed by atoms with Crippen LogP contribution in [0.1, 0.15) is 144 Å². The van der Waals surface area contributed by atoms with Crippen molar-refractivity contribution in [1.29, 1.82) is 0 Å². The molecule has 0 saturated carbocycles. The van der Waals surface area contributed by atoms with E-state index in [0.717, 1.165) is 5.67 Å². The predicted molar refractivity (Wildman–Crippen MR) is 139 cm³/mol. The molecule has 0 rings (SSSR count). The normalized spacial score (nSPS) is 13.1. The van der Waals surface area contributed by atoms with Crippen LogP contribution in [0.4, 0.5) is 0 Å². The second kappa shape index (κ2) is 21.4. The topological polar surface area (TPSA) is 12.0 Å². The Hall–Kier alpha value is 0.177. The smallest absolute Gasteiger partial charge is 0.0718 e. The molecule has 29 heavy (non-hydrogen) atoms. The van der Waals surface area contributed by atoms with Gasteiger partial charge in [0.2, 0.25) is 0 Å². The van der Waals surface area contributed by atoms with Gasteiger partial charge in [0.05, 0.1) is 8.07 Å². The van der Waals surface area contributed by atoms with Gasteiger partial charge >= 0.3 is 0 Å². The van der Waals surface area contributed by atoms with Crippen molar-refractivity contribution in [3.63, 3.8) is 0 Å². The number of unbranched alkanes of at least 4 members (excludes halogenated alkanes) is 15. The maximum atomic E-state index is 3.97. The van der Waals surface area contributed by atoms with E-state index in [1.54, 1.807) is 0 Å². The maximum Gasteiger partial charge on any atom is 0.0718 e. The zero-order valence-corrected chi connectivity index (χ0v) is 22.4. The van der Waals surface area contributed by atoms with E-state index in [1.165, 1.54) is 134 Å². The van der Waals surface area contributed by atoms with Gasteiger partial charge in [-0.05, 0) is 19.4 Å². The zero-order valence-electron chi connectivity index (χ0n) is 21.4. The average Bonchev–Trinajstić information content (AvgIpc) is 2.75. The summed E-state index contributed by atoms with van der Waals surface area (Å²) in [5.74, 6) is 0. The van der Waals surface area contributed by atoms with E-state index < -0.39 is 8.07 Å². The Kier molecular flexibility index (Phi) is 21.5. The van der Waals surface area contributed by atoms with Crippen LogP contribution in [0.15, 0.2) is 0 Å². The molecule has 0 aliphatic carbocycles. The number of rotatable bonds is 23. The summed E-state index contributed by atoms with van der Waals surface area (Å²) in [5, 5.41) is 3.97. The lowest BCUT2D eigenvalue weighted by Gasteiger charge is -2.37. The third-order valence-electron chi connectivity index (χ3n) is 7.68. The van der Waals surface area contributed by atoms with Gasteiger partial charge in [-0.25, -0.2) is 0 Å². The van der Waals surface area contributed by atoms with Crippen molar-refractivity contribution in [3.8, 4) is 0 Å². The molecule has 0 saturated heterocycles. The lowest BCUT2D eigenvalue weighted by atomic mass is 10.0. The molecule has 0 radical (unpaired) electrons. The molecule has 0 heterocycles. The molecule has 0 aromatic carbocycles. The summed E-state index contributed by atoms with van der Waals surface area (Å²) in [6.45, 7) is 13.3. The van der Waals surface area contributed by atoms with Crippen LogP contribution in [0.2, 0.25) is 18.1 Å². The summed E-state index contributed by atoms with van der Waals surface area (Å²) in [7, 11) is -1.07. The summed E-state index contributed by atoms with van der Waals surface area (Å²) in [4.78, 5) is 0. The molecule has 2 heteroatoms. The first-order valence-corrected chi connectivity index (χ1v) is 16.6. The highest BCUT2D eigenvalue weighted by Gasteiger charge is 2.34. The summed E-state index contributed by atoms with van der Waals surface area (Å²) in [6.07, 6.45) is 24.6. The third-order valence-corrected chi connectivity index (χ3v) is 14.0. The minimum atomic E-state index is -1.07. The van der Waals surface area contributed by atoms with Gasteiger partial charge in [0.1, 0.15) is 0 Å². The summed E-state index contributed by atoms with van der Waals surface area (Å²) < 4.78 is 0. The van der Waals surface area contributed by atoms with E-state index in [9.17, 15) is 0 Å². The molecule has 0 aromatic heterocycles. The van der Waals surface area contributed by atoms with Gasteiger partial charge in [-0.3, -0.25) is 0 Å². The fourth-order valence-corrected chi connectivity index (χ4v) is 9.65. The fraction of sp³-hybridized carbons (Fsp3) is 1.00. The minimum Gasteiger partial charge on any atom is -0.317 e. The van der Waals surface area contributed by atoms with Gasteiger partial charge in [-0.15, -0.1) is 0 Å². The van der Waals surface area contributed by atoms with Gasteiger partial charge in [-0.1, -0.05) is 149 Å². The molecule has 1 N–H and O–H groups in total. The molecule has 0 spiro atoms. The fourth-order valence-electron chi connectivity index (χ4n) is 5.23. The first-order valence-electron chi connectivity index (χ1n) is 13.9. The molecular formula is C27H59NSi. The van der Waals surface area contributed by atoms with Gasteiger partial charge < -0.3 is 5.32 Å². The molecule has 0 aliphatic heterocycles. The van der Waals surface area contributed by atoms with Gasteiger partial charge in [0.15, 0.2) is 0 Å². The Morgan fingerprint density at radius 3 is 1.14 bits per heavy atom. The van der Waals surface area contributed by atoms with Gasteiger partial charge in [-0.2, -0.15) is 0 Å². The number of hydrogen-bond donors (Lipinski definition) is 1. The molecule has 0 aliphatic rings. The van der Waals surface area contributed by atoms with Crippen LogP contribution in [0.25, 0.3) is 0 Å². The van der Waals surface area contributed by atoms with Crippen LogP contribution in [-0.2, 0) is 0 Å². The van der Waals surface area contributed by atoms with Crippen molar-refractivity contribution in [1.82, 2.24) is 5.32 Å². The van der Waals surface area contributed by atoms with Crippen molar-refractivity contribution < 1.29 is 0 Å². The lowest BCUT2D eigenvalue weighted by molar-refractivity contribution is 0.518. The van der Waals surface area contributed by atoms with E-state index in [2.05, 4.69) is 39.9 Å². The van der Waals surface area contributed by atoms with Crippen LogP contribution >= 0.6 is 0 Å². The summed E-state index contributed by atoms with van der Waals surface area (Å²) in [6, 6.07) is 4.35. The average molecular weight is 426 g/mol. The van der Waals surface area contributed by atoms with Gasteiger partial charge in [0, 0.05) is 5.67 Å². The molecule has 1 nitrogen and oxygen atoms in total. The van der Waals surface area contributed by atoms with Crippen LogP contribution < -0.4 is 5.32 Å². The maximum absolute atomic E-state index is 3.97. The summed E-state index contributed by atoms with van der Waals surface area (Å²) in [5.41, 5.74) is 0.846. The van der Waals surface area contributed by atoms with Crippen molar-refractivity contribution in [2.75, 3.05) is 6.54 Å². The number of hydrogen-bond acceptors (Lipinski definition) is 1. The number of nitrogens with one attached hydrogen (secondary N) is 1. The Balaban J connectivity index is 3.43. The van der Waals surface area contributed by atoms with Crippen LogP contribution in [0.3, 0.4) is 0 Å². The van der Waals surface area contributed by atoms with E-state index in [0.29, 0.717) is 0 Å². The third kappa shape index (κ3) is 14.8. The largest absolute Gasteiger partial charge is 0.317 e. The highest BCUT2D eigenvalue weighted by atomic mass is 28.3. The van der Waals surface area contributed by atoms with Crippen LogP contribution in [0.5, 0.6) is 0 Å². The SMILES string of the molecule is CCCCCCCCCCCCCCCCCCNC(CC)[Si](CC)(CC)CC. The van der Waals surface area contributed by atoms with E-state index in [-0.39, 0.29) is 0 Å². The molecule has 1 unspecified atom stereocenters. The second-order valence-corrected chi connectivity index (χ2v) is 15.2. The molecule has 0 amide bonds. The summed E-state index contributed by atoms with van der Waals surface area (Å²) >= 11 is 0. The Morgan fingerprint density at radius 1 is 0.483 bits per heavy atom. The monoisotopic (exact) mass is 425 g/mol. The Bertz CT molecular complexity index is 305. The highest BCUT2D eigenvalue weighted by molar-refractivity contribution is 6.81. The van der Waals surface area contributed by atoms with E-state index in [1.807, 2.05) is 0 Å². The Morgan fingerprint density at radius 2 is 0.828 bits per heavy atom. The zero-order chi connectivity index (χ0) is 21.6. The first kappa shape index (κ1) is 29.2. The minimum absolute atomic E-state index is 0.846. The van der Waals surface area contributed by atoms with Gasteiger partial charge in [0.25, 0.3) is 0 Å². The van der Waals surface area contributed by atoms with E-state index in [4.69, 9.17) is 0 Å². The van der Waals surface area contributed by atoms with Crippen molar-refractivity contribution in [3.05, 3.63) is 0 Å². The molecule has 1 atom stereocenters. The molecule has 176 valence electrons. The first-order chi connectivity index (χ1) is 14.2. The molecule has 0 bridgehead atoms. The molecule has 0 fully saturated rings. The van der Waals surface area contributed by atoms with Crippen molar-refractivity contribution >= 4 is 8.07 Å². The highest BCUT2D eigenvalue weighted by Crippen LogP contribution is 2.26. The van der Waals surface area contributed by atoms with E-state index >= 15 is 0 Å². The lowest BCUT2D eigenvalue weighted by Crippen LogP contribution is -2.53. The molecule has 0 aromatic rings. The Labute approximate surface area is 187 Å². The van der Waals surface area contributed by atoms with Crippen molar-refractivity contribution in [2.45, 2.75) is 168 Å². The second-order valence-electron chi connectivity index (χ2n) is 9.64. The van der Waals surface area contributed by atoms with Crippen LogP contribution in [-0.4, -0.2) is 20.3 Å².